The molecule has 1 aromatic rings. The highest BCUT2D eigenvalue weighted by atomic mass is 35.5. The van der Waals surface area contributed by atoms with Gasteiger partial charge in [0, 0.05) is 16.7 Å². The smallest absolute Gasteiger partial charge is 0.0727 e. The number of hydrogen-bond acceptors (Lipinski definition) is 3. The summed E-state index contributed by atoms with van der Waals surface area (Å²) < 4.78 is 0. The third-order valence-corrected chi connectivity index (χ3v) is 2.43. The van der Waals surface area contributed by atoms with E-state index in [9.17, 15) is 0 Å². The normalized spacial score (nSPS) is 10.2. The zero-order valence-corrected chi connectivity index (χ0v) is 6.91. The van der Waals surface area contributed by atoms with Crippen LogP contribution in [0, 0.1) is 0 Å². The Morgan fingerprint density at radius 3 is 3.00 bits per heavy atom. The molecule has 1 rings (SSSR count). The van der Waals surface area contributed by atoms with Crippen molar-refractivity contribution in [1.82, 2.24) is 0 Å². The minimum atomic E-state index is 0.552. The van der Waals surface area contributed by atoms with E-state index in [2.05, 4.69) is 4.84 Å². The molecule has 0 aliphatic rings. The molecule has 0 spiro atoms. The van der Waals surface area contributed by atoms with Gasteiger partial charge in [-0.15, -0.1) is 11.3 Å². The van der Waals surface area contributed by atoms with Crippen molar-refractivity contribution in [3.63, 3.8) is 0 Å². The van der Waals surface area contributed by atoms with Crippen LogP contribution in [0.2, 0.25) is 5.02 Å². The average Bonchev–Trinajstić information content (AvgIpc) is 2.31. The van der Waals surface area contributed by atoms with E-state index in [-0.39, 0.29) is 0 Å². The quantitative estimate of drug-likeness (QED) is 0.716. The van der Waals surface area contributed by atoms with Gasteiger partial charge in [-0.1, -0.05) is 11.6 Å². The maximum atomic E-state index is 5.68. The Bertz CT molecular complexity index is 201. The minimum Gasteiger partial charge on any atom is -0.304 e. The summed E-state index contributed by atoms with van der Waals surface area (Å²) in [6, 6.07) is 1.92. The van der Waals surface area contributed by atoms with Gasteiger partial charge in [-0.2, -0.15) is 0 Å². The van der Waals surface area contributed by atoms with Crippen LogP contribution in [-0.4, -0.2) is 6.61 Å². The van der Waals surface area contributed by atoms with Gasteiger partial charge in [0.15, 0.2) is 0 Å². The van der Waals surface area contributed by atoms with Crippen LogP contribution in [0.5, 0.6) is 0 Å². The average molecular weight is 178 g/mol. The molecule has 0 saturated heterocycles. The van der Waals surface area contributed by atoms with E-state index in [0.29, 0.717) is 6.61 Å². The lowest BCUT2D eigenvalue weighted by atomic mass is 10.4. The lowest BCUT2D eigenvalue weighted by molar-refractivity contribution is 0.142. The Labute approximate surface area is 68.5 Å². The lowest BCUT2D eigenvalue weighted by Gasteiger charge is -1.92. The van der Waals surface area contributed by atoms with E-state index >= 15 is 0 Å². The molecule has 0 fully saturated rings. The molecule has 2 N–H and O–H groups in total. The first-order chi connectivity index (χ1) is 4.83. The van der Waals surface area contributed by atoms with E-state index in [4.69, 9.17) is 17.5 Å². The molecule has 0 aliphatic heterocycles. The highest BCUT2D eigenvalue weighted by Gasteiger charge is 1.95. The highest BCUT2D eigenvalue weighted by Crippen LogP contribution is 2.19. The number of halogens is 1. The van der Waals surface area contributed by atoms with Crippen molar-refractivity contribution in [3.05, 3.63) is 21.3 Å². The molecule has 2 nitrogen and oxygen atoms in total. The SMILES string of the molecule is NOCCc1cc(Cl)cs1. The molecular weight excluding hydrogens is 170 g/mol. The molecule has 56 valence electrons. The van der Waals surface area contributed by atoms with Crippen LogP contribution in [0.1, 0.15) is 4.88 Å². The fourth-order valence-electron chi connectivity index (χ4n) is 0.644. The second-order valence-electron chi connectivity index (χ2n) is 1.85. The van der Waals surface area contributed by atoms with Gasteiger partial charge < -0.3 is 4.84 Å². The van der Waals surface area contributed by atoms with Gasteiger partial charge in [0.25, 0.3) is 0 Å². The van der Waals surface area contributed by atoms with E-state index < -0.39 is 0 Å². The summed E-state index contributed by atoms with van der Waals surface area (Å²) in [7, 11) is 0. The van der Waals surface area contributed by atoms with E-state index in [1.54, 1.807) is 11.3 Å². The molecule has 1 aromatic heterocycles. The van der Waals surface area contributed by atoms with E-state index in [0.717, 1.165) is 11.4 Å². The summed E-state index contributed by atoms with van der Waals surface area (Å²) in [4.78, 5) is 5.62. The molecule has 0 bridgehead atoms. The molecule has 0 atom stereocenters. The van der Waals surface area contributed by atoms with Crippen molar-refractivity contribution in [1.29, 1.82) is 0 Å². The summed E-state index contributed by atoms with van der Waals surface area (Å²) in [6.07, 6.45) is 0.841. The molecule has 4 heteroatoms. The molecule has 0 radical (unpaired) electrons. The van der Waals surface area contributed by atoms with Crippen LogP contribution in [-0.2, 0) is 11.3 Å². The van der Waals surface area contributed by atoms with Crippen molar-refractivity contribution in [2.75, 3.05) is 6.61 Å². The third-order valence-electron chi connectivity index (χ3n) is 1.09. The molecule has 0 saturated carbocycles. The maximum Gasteiger partial charge on any atom is 0.0727 e. The van der Waals surface area contributed by atoms with E-state index in [1.165, 1.54) is 4.88 Å². The first-order valence-electron chi connectivity index (χ1n) is 2.87. The zero-order valence-electron chi connectivity index (χ0n) is 5.34. The van der Waals surface area contributed by atoms with E-state index in [1.807, 2.05) is 11.4 Å². The first kappa shape index (κ1) is 8.01. The monoisotopic (exact) mass is 177 g/mol. The molecule has 1 heterocycles. The molecule has 0 aliphatic carbocycles. The fourth-order valence-corrected chi connectivity index (χ4v) is 1.70. The summed E-state index contributed by atoms with van der Waals surface area (Å²) in [5.41, 5.74) is 0. The molecular formula is C6H8ClNOS. The van der Waals surface area contributed by atoms with Gasteiger partial charge in [0.2, 0.25) is 0 Å². The highest BCUT2D eigenvalue weighted by molar-refractivity contribution is 7.10. The van der Waals surface area contributed by atoms with Gasteiger partial charge in [-0.05, 0) is 6.07 Å². The number of hydrogen-bond donors (Lipinski definition) is 1. The van der Waals surface area contributed by atoms with Gasteiger partial charge in [-0.25, -0.2) is 5.90 Å². The van der Waals surface area contributed by atoms with Crippen LogP contribution >= 0.6 is 22.9 Å². The number of rotatable bonds is 3. The minimum absolute atomic E-state index is 0.552. The second kappa shape index (κ2) is 3.93. The number of thiophene rings is 1. The van der Waals surface area contributed by atoms with Crippen LogP contribution in [0.25, 0.3) is 0 Å². The van der Waals surface area contributed by atoms with Gasteiger partial charge in [0.05, 0.1) is 11.6 Å². The largest absolute Gasteiger partial charge is 0.304 e. The summed E-state index contributed by atoms with van der Waals surface area (Å²) in [6.45, 7) is 0.552. The Kier molecular flexibility index (Phi) is 3.15. The van der Waals surface area contributed by atoms with Crippen molar-refractivity contribution < 1.29 is 4.84 Å². The molecule has 0 amide bonds. The Balaban J connectivity index is 2.42. The summed E-state index contributed by atoms with van der Waals surface area (Å²) in [5.74, 6) is 4.85. The summed E-state index contributed by atoms with van der Waals surface area (Å²) in [5, 5.41) is 2.69. The van der Waals surface area contributed by atoms with Crippen LogP contribution < -0.4 is 5.90 Å². The molecule has 0 unspecified atom stereocenters. The van der Waals surface area contributed by atoms with Gasteiger partial charge >= 0.3 is 0 Å². The van der Waals surface area contributed by atoms with Crippen molar-refractivity contribution >= 4 is 22.9 Å². The third kappa shape index (κ3) is 2.27. The second-order valence-corrected chi connectivity index (χ2v) is 3.28. The first-order valence-corrected chi connectivity index (χ1v) is 4.13. The maximum absolute atomic E-state index is 5.68. The Hall–Kier alpha value is -0.0900. The van der Waals surface area contributed by atoms with Gasteiger partial charge in [0.1, 0.15) is 0 Å². The standard InChI is InChI=1S/C6H8ClNOS/c7-5-3-6(10-4-5)1-2-9-8/h3-4H,1-2,8H2. The molecule has 0 aromatic carbocycles. The Morgan fingerprint density at radius 2 is 2.50 bits per heavy atom. The summed E-state index contributed by atoms with van der Waals surface area (Å²) >= 11 is 7.30. The molecule has 10 heavy (non-hydrogen) atoms. The van der Waals surface area contributed by atoms with Crippen molar-refractivity contribution in [2.45, 2.75) is 6.42 Å². The van der Waals surface area contributed by atoms with Gasteiger partial charge in [-0.3, -0.25) is 0 Å². The number of nitrogens with two attached hydrogens (primary N) is 1. The zero-order chi connectivity index (χ0) is 7.40. The lowest BCUT2D eigenvalue weighted by Crippen LogP contribution is -2.02. The van der Waals surface area contributed by atoms with Crippen molar-refractivity contribution in [2.24, 2.45) is 5.90 Å². The van der Waals surface area contributed by atoms with Crippen LogP contribution in [0.3, 0.4) is 0 Å². The Morgan fingerprint density at radius 1 is 1.70 bits per heavy atom. The predicted molar refractivity (Wildman–Crippen MR) is 43.2 cm³/mol. The topological polar surface area (TPSA) is 35.2 Å². The van der Waals surface area contributed by atoms with Crippen LogP contribution in [0.15, 0.2) is 11.4 Å². The predicted octanol–water partition coefficient (Wildman–Crippen LogP) is 1.83. The van der Waals surface area contributed by atoms with Crippen LogP contribution in [0.4, 0.5) is 0 Å². The fraction of sp³-hybridized carbons (Fsp3) is 0.333. The van der Waals surface area contributed by atoms with Crippen molar-refractivity contribution in [3.8, 4) is 0 Å².